The molecule has 0 saturated carbocycles. The maximum absolute atomic E-state index is 11.6. The van der Waals surface area contributed by atoms with E-state index in [1.165, 1.54) is 0 Å². The van der Waals surface area contributed by atoms with Crippen molar-refractivity contribution >= 4 is 17.2 Å². The molecular weight excluding hydrogens is 222 g/mol. The largest absolute Gasteiger partial charge is 0.354 e. The van der Waals surface area contributed by atoms with E-state index in [1.54, 1.807) is 16.8 Å². The fraction of sp³-hybridized carbons (Fsp3) is 0.636. The molecule has 1 aromatic rings. The third-order valence-electron chi connectivity index (χ3n) is 2.14. The van der Waals surface area contributed by atoms with E-state index >= 15 is 0 Å². The van der Waals surface area contributed by atoms with Crippen molar-refractivity contribution in [2.45, 2.75) is 33.4 Å². The lowest BCUT2D eigenvalue weighted by Crippen LogP contribution is -2.42. The lowest BCUT2D eigenvalue weighted by Gasteiger charge is -2.14. The van der Waals surface area contributed by atoms with Gasteiger partial charge in [0, 0.05) is 24.2 Å². The highest BCUT2D eigenvalue weighted by Crippen LogP contribution is 2.04. The third-order valence-corrected chi connectivity index (χ3v) is 2.92. The number of nitrogens with zero attached hydrogens (tertiary/aromatic N) is 1. The van der Waals surface area contributed by atoms with E-state index < -0.39 is 0 Å². The predicted octanol–water partition coefficient (Wildman–Crippen LogP) is 1.39. The Morgan fingerprint density at radius 1 is 1.50 bits per heavy atom. The molecule has 0 fully saturated rings. The molecule has 0 bridgehead atoms. The Bertz CT molecular complexity index is 311. The van der Waals surface area contributed by atoms with Gasteiger partial charge in [0.05, 0.1) is 11.6 Å². The number of carbonyl (C=O) groups excluding carboxylic acids is 1. The van der Waals surface area contributed by atoms with Gasteiger partial charge in [0.15, 0.2) is 0 Å². The summed E-state index contributed by atoms with van der Waals surface area (Å²) in [5.41, 5.74) is 1.79. The monoisotopic (exact) mass is 241 g/mol. The summed E-state index contributed by atoms with van der Waals surface area (Å²) in [5.74, 6) is 0.538. The molecule has 1 amide bonds. The standard InChI is InChI=1S/C11H19N3OS/c1-8(2)4-14-11(15)9(3)13-6-10-5-12-7-16-10/h5,7-9,13H,4,6H2,1-3H3,(H,14,15). The SMILES string of the molecule is CC(C)CNC(=O)C(C)NCc1cncs1. The first-order chi connectivity index (χ1) is 7.59. The fourth-order valence-corrected chi connectivity index (χ4v) is 1.68. The van der Waals surface area contributed by atoms with Crippen LogP contribution in [0.4, 0.5) is 0 Å². The van der Waals surface area contributed by atoms with Crippen LogP contribution in [0.2, 0.25) is 0 Å². The van der Waals surface area contributed by atoms with Crippen LogP contribution in [0.3, 0.4) is 0 Å². The van der Waals surface area contributed by atoms with Crippen LogP contribution in [0.5, 0.6) is 0 Å². The molecule has 1 unspecified atom stereocenters. The molecule has 90 valence electrons. The molecule has 0 aliphatic carbocycles. The summed E-state index contributed by atoms with van der Waals surface area (Å²) in [4.78, 5) is 16.7. The van der Waals surface area contributed by atoms with Gasteiger partial charge >= 0.3 is 0 Å². The summed E-state index contributed by atoms with van der Waals surface area (Å²) < 4.78 is 0. The number of rotatable bonds is 6. The Labute approximate surface area is 100 Å². The van der Waals surface area contributed by atoms with Crippen LogP contribution in [-0.4, -0.2) is 23.5 Å². The van der Waals surface area contributed by atoms with E-state index in [1.807, 2.05) is 13.1 Å². The number of hydrogen-bond donors (Lipinski definition) is 2. The van der Waals surface area contributed by atoms with Crippen LogP contribution in [-0.2, 0) is 11.3 Å². The Kier molecular flexibility index (Phi) is 5.42. The van der Waals surface area contributed by atoms with E-state index in [0.29, 0.717) is 12.5 Å². The summed E-state index contributed by atoms with van der Waals surface area (Å²) >= 11 is 1.59. The van der Waals surface area contributed by atoms with Gasteiger partial charge in [0.1, 0.15) is 0 Å². The van der Waals surface area contributed by atoms with Crippen LogP contribution in [0, 0.1) is 5.92 Å². The van der Waals surface area contributed by atoms with Gasteiger partial charge in [-0.1, -0.05) is 13.8 Å². The summed E-state index contributed by atoms with van der Waals surface area (Å²) in [5, 5.41) is 6.07. The number of hydrogen-bond acceptors (Lipinski definition) is 4. The molecule has 4 nitrogen and oxygen atoms in total. The highest BCUT2D eigenvalue weighted by atomic mass is 32.1. The molecule has 0 radical (unpaired) electrons. The van der Waals surface area contributed by atoms with Crippen LogP contribution in [0.15, 0.2) is 11.7 Å². The van der Waals surface area contributed by atoms with Crippen LogP contribution in [0.25, 0.3) is 0 Å². The van der Waals surface area contributed by atoms with E-state index in [-0.39, 0.29) is 11.9 Å². The predicted molar refractivity (Wildman–Crippen MR) is 66.3 cm³/mol. The minimum Gasteiger partial charge on any atom is -0.354 e. The molecule has 1 rings (SSSR count). The Balaban J connectivity index is 2.23. The van der Waals surface area contributed by atoms with Gasteiger partial charge in [0.2, 0.25) is 5.91 Å². The van der Waals surface area contributed by atoms with Crippen LogP contribution < -0.4 is 10.6 Å². The highest BCUT2D eigenvalue weighted by Gasteiger charge is 2.11. The highest BCUT2D eigenvalue weighted by molar-refractivity contribution is 7.09. The van der Waals surface area contributed by atoms with E-state index in [4.69, 9.17) is 0 Å². The first kappa shape index (κ1) is 13.1. The van der Waals surface area contributed by atoms with Gasteiger partial charge in [0.25, 0.3) is 0 Å². The Morgan fingerprint density at radius 3 is 2.81 bits per heavy atom. The van der Waals surface area contributed by atoms with Gasteiger partial charge in [-0.2, -0.15) is 0 Å². The quantitative estimate of drug-likeness (QED) is 0.791. The Hall–Kier alpha value is -0.940. The first-order valence-corrected chi connectivity index (χ1v) is 6.36. The smallest absolute Gasteiger partial charge is 0.236 e. The molecule has 16 heavy (non-hydrogen) atoms. The zero-order valence-corrected chi connectivity index (χ0v) is 10.8. The van der Waals surface area contributed by atoms with Crippen molar-refractivity contribution in [3.8, 4) is 0 Å². The van der Waals surface area contributed by atoms with Gasteiger partial charge in [-0.05, 0) is 12.8 Å². The zero-order valence-electron chi connectivity index (χ0n) is 9.99. The second-order valence-electron chi connectivity index (χ2n) is 4.21. The molecule has 0 aliphatic heterocycles. The average molecular weight is 241 g/mol. The van der Waals surface area contributed by atoms with Crippen molar-refractivity contribution in [3.05, 3.63) is 16.6 Å². The van der Waals surface area contributed by atoms with Crippen molar-refractivity contribution in [1.29, 1.82) is 0 Å². The Morgan fingerprint density at radius 2 is 2.25 bits per heavy atom. The summed E-state index contributed by atoms with van der Waals surface area (Å²) in [6.45, 7) is 7.45. The first-order valence-electron chi connectivity index (χ1n) is 5.48. The maximum atomic E-state index is 11.6. The number of nitrogens with one attached hydrogen (secondary N) is 2. The number of aromatic nitrogens is 1. The van der Waals surface area contributed by atoms with Crippen LogP contribution in [0.1, 0.15) is 25.6 Å². The normalized spacial score (nSPS) is 12.8. The van der Waals surface area contributed by atoms with Crippen molar-refractivity contribution in [3.63, 3.8) is 0 Å². The molecule has 0 aliphatic rings. The second-order valence-corrected chi connectivity index (χ2v) is 5.18. The van der Waals surface area contributed by atoms with Gasteiger partial charge in [-0.3, -0.25) is 9.78 Å². The molecule has 1 heterocycles. The molecule has 0 saturated heterocycles. The summed E-state index contributed by atoms with van der Waals surface area (Å²) in [6, 6.07) is -0.166. The maximum Gasteiger partial charge on any atom is 0.236 e. The molecule has 1 aromatic heterocycles. The van der Waals surface area contributed by atoms with E-state index in [9.17, 15) is 4.79 Å². The summed E-state index contributed by atoms with van der Waals surface area (Å²) in [7, 11) is 0. The molecule has 2 N–H and O–H groups in total. The van der Waals surface area contributed by atoms with Crippen LogP contribution >= 0.6 is 11.3 Å². The van der Waals surface area contributed by atoms with Gasteiger partial charge < -0.3 is 10.6 Å². The lowest BCUT2D eigenvalue weighted by molar-refractivity contribution is -0.122. The van der Waals surface area contributed by atoms with E-state index in [2.05, 4.69) is 29.5 Å². The van der Waals surface area contributed by atoms with Crippen molar-refractivity contribution in [2.75, 3.05) is 6.54 Å². The van der Waals surface area contributed by atoms with Crippen molar-refractivity contribution in [2.24, 2.45) is 5.92 Å². The van der Waals surface area contributed by atoms with Crippen molar-refractivity contribution < 1.29 is 4.79 Å². The zero-order chi connectivity index (χ0) is 12.0. The van der Waals surface area contributed by atoms with Gasteiger partial charge in [-0.25, -0.2) is 0 Å². The number of thiazole rings is 1. The molecule has 0 aromatic carbocycles. The number of carbonyl (C=O) groups is 1. The molecule has 5 heteroatoms. The molecule has 1 atom stereocenters. The average Bonchev–Trinajstić information content (AvgIpc) is 2.75. The topological polar surface area (TPSA) is 54.0 Å². The fourth-order valence-electron chi connectivity index (χ4n) is 1.13. The molecule has 0 spiro atoms. The van der Waals surface area contributed by atoms with Crippen molar-refractivity contribution in [1.82, 2.24) is 15.6 Å². The van der Waals surface area contributed by atoms with Gasteiger partial charge in [-0.15, -0.1) is 11.3 Å². The minimum atomic E-state index is -0.166. The third kappa shape index (κ3) is 4.72. The summed E-state index contributed by atoms with van der Waals surface area (Å²) in [6.07, 6.45) is 1.82. The lowest BCUT2D eigenvalue weighted by atomic mass is 10.2. The number of amides is 1. The van der Waals surface area contributed by atoms with E-state index in [0.717, 1.165) is 11.4 Å². The second kappa shape index (κ2) is 6.60. The molecular formula is C11H19N3OS. The minimum absolute atomic E-state index is 0.0539.